The number of carbonyl (C=O) groups is 1. The third-order valence-corrected chi connectivity index (χ3v) is 11.0. The Morgan fingerprint density at radius 2 is 2.02 bits per heavy atom. The zero-order valence-electron chi connectivity index (χ0n) is 22.8. The van der Waals surface area contributed by atoms with Gasteiger partial charge in [0, 0.05) is 29.1 Å². The molecule has 5 atom stereocenters. The van der Waals surface area contributed by atoms with Crippen LogP contribution in [-0.4, -0.2) is 51.0 Å². The van der Waals surface area contributed by atoms with E-state index >= 15 is 0 Å². The predicted octanol–water partition coefficient (Wildman–Crippen LogP) is 4.86. The molecule has 0 saturated heterocycles. The van der Waals surface area contributed by atoms with Gasteiger partial charge in [0.1, 0.15) is 5.75 Å². The van der Waals surface area contributed by atoms with Crippen LogP contribution in [0.15, 0.2) is 48.6 Å². The van der Waals surface area contributed by atoms with E-state index in [1.807, 2.05) is 18.2 Å². The number of halogens is 1. The first-order chi connectivity index (χ1) is 19.1. The maximum absolute atomic E-state index is 13.2. The van der Waals surface area contributed by atoms with Crippen LogP contribution in [0.4, 0.5) is 5.69 Å². The van der Waals surface area contributed by atoms with Crippen LogP contribution in [-0.2, 0) is 21.9 Å². The van der Waals surface area contributed by atoms with Gasteiger partial charge in [-0.05, 0) is 97.7 Å². The second-order valence-electron chi connectivity index (χ2n) is 12.2. The molecule has 1 saturated carbocycles. The Balaban J connectivity index is 1.41. The number of fused-ring (bicyclic) bond motifs is 4. The van der Waals surface area contributed by atoms with E-state index in [2.05, 4.69) is 21.8 Å². The van der Waals surface area contributed by atoms with Crippen LogP contribution in [0.1, 0.15) is 60.5 Å². The summed E-state index contributed by atoms with van der Waals surface area (Å²) in [6.45, 7) is 3.73. The summed E-state index contributed by atoms with van der Waals surface area (Å²) in [6.07, 6.45) is 8.69. The molecule has 2 aromatic carbocycles. The topological polar surface area (TPSA) is 95.9 Å². The second kappa shape index (κ2) is 10.7. The van der Waals surface area contributed by atoms with Crippen molar-refractivity contribution in [3.8, 4) is 5.75 Å². The first kappa shape index (κ1) is 27.6. The second-order valence-corrected chi connectivity index (χ2v) is 14.4. The molecule has 0 radical (unpaired) electrons. The number of anilines is 1. The highest BCUT2D eigenvalue weighted by Crippen LogP contribution is 2.46. The average Bonchev–Trinajstić information content (AvgIpc) is 3.02. The molecule has 7 nitrogen and oxygen atoms in total. The van der Waals surface area contributed by atoms with Gasteiger partial charge in [0.2, 0.25) is 10.0 Å². The van der Waals surface area contributed by atoms with Gasteiger partial charge in [0.05, 0.1) is 24.2 Å². The quantitative estimate of drug-likeness (QED) is 0.430. The van der Waals surface area contributed by atoms with E-state index in [1.54, 1.807) is 25.1 Å². The van der Waals surface area contributed by atoms with Gasteiger partial charge in [-0.2, -0.15) is 0 Å². The van der Waals surface area contributed by atoms with Gasteiger partial charge >= 0.3 is 0 Å². The maximum atomic E-state index is 13.2. The fraction of sp³-hybridized carbons (Fsp3) is 0.516. The van der Waals surface area contributed by atoms with Crippen LogP contribution in [0.2, 0.25) is 5.02 Å². The molecule has 2 N–H and O–H groups in total. The van der Waals surface area contributed by atoms with Crippen LogP contribution in [0.3, 0.4) is 0 Å². The van der Waals surface area contributed by atoms with Crippen LogP contribution >= 0.6 is 11.6 Å². The normalized spacial score (nSPS) is 32.5. The molecule has 2 heterocycles. The Morgan fingerprint density at radius 1 is 1.18 bits per heavy atom. The van der Waals surface area contributed by atoms with Crippen molar-refractivity contribution >= 4 is 33.2 Å². The number of carbonyl (C=O) groups excluding carboxylic acids is 1. The molecular weight excluding hydrogens is 548 g/mol. The van der Waals surface area contributed by atoms with Crippen molar-refractivity contribution in [1.29, 1.82) is 0 Å². The summed E-state index contributed by atoms with van der Waals surface area (Å²) in [4.78, 5) is 15.5. The highest BCUT2D eigenvalue weighted by atomic mass is 35.5. The minimum absolute atomic E-state index is 0.170. The molecule has 40 heavy (non-hydrogen) atoms. The number of sulfonamides is 1. The number of nitrogens with zero attached hydrogens (tertiary/aromatic N) is 1. The van der Waals surface area contributed by atoms with Crippen LogP contribution in [0.25, 0.3) is 0 Å². The number of allylic oxidation sites excluding steroid dienone is 1. The fourth-order valence-electron chi connectivity index (χ4n) is 7.13. The molecular formula is C31H37ClN2O5S. The van der Waals surface area contributed by atoms with E-state index in [-0.39, 0.29) is 28.6 Å². The monoisotopic (exact) mass is 584 g/mol. The Kier molecular flexibility index (Phi) is 7.38. The number of rotatable bonds is 0. The summed E-state index contributed by atoms with van der Waals surface area (Å²) >= 11 is 6.37. The van der Waals surface area contributed by atoms with Crippen molar-refractivity contribution in [3.05, 3.63) is 70.3 Å². The zero-order chi connectivity index (χ0) is 28.1. The SMILES string of the molecule is C[C@@H]1/C=C/CC(O)[C@@H]2CC[C@H]2CN2C[C@@]3(CCCc4cc(Cl)ccc43)COc3ccc(cc32)C(=O)NS(=O)(=O)C1. The molecule has 6 rings (SSSR count). The number of aryl methyl sites for hydroxylation is 1. The Labute approximate surface area is 241 Å². The molecule has 2 aliphatic heterocycles. The highest BCUT2D eigenvalue weighted by molar-refractivity contribution is 7.90. The molecule has 0 aromatic heterocycles. The van der Waals surface area contributed by atoms with E-state index in [0.717, 1.165) is 49.4 Å². The molecule has 1 amide bonds. The van der Waals surface area contributed by atoms with Crippen molar-refractivity contribution in [3.63, 3.8) is 0 Å². The van der Waals surface area contributed by atoms with E-state index in [9.17, 15) is 18.3 Å². The van der Waals surface area contributed by atoms with Gasteiger partial charge in [-0.1, -0.05) is 36.7 Å². The van der Waals surface area contributed by atoms with Gasteiger partial charge in [-0.3, -0.25) is 4.79 Å². The lowest BCUT2D eigenvalue weighted by Gasteiger charge is -2.45. The lowest BCUT2D eigenvalue weighted by Crippen LogP contribution is -2.49. The highest BCUT2D eigenvalue weighted by Gasteiger charge is 2.44. The van der Waals surface area contributed by atoms with Gasteiger partial charge in [-0.25, -0.2) is 13.1 Å². The first-order valence-electron chi connectivity index (χ1n) is 14.3. The van der Waals surface area contributed by atoms with E-state index in [0.29, 0.717) is 31.2 Å². The van der Waals surface area contributed by atoms with Crippen molar-refractivity contribution in [2.75, 3.05) is 30.3 Å². The standard InChI is InChI=1S/C31H37ClN2O5S/c1-20-4-2-6-28(35)25-10-7-23(25)16-34-18-31(13-3-5-21-14-24(32)9-11-26(21)31)19-39-29-12-8-22(15-27(29)34)30(36)33-40(37,38)17-20/h2,4,8-9,11-12,14-15,20,23,25,28,35H,3,5-7,10,13,16-19H2,1H3,(H,33,36)/b4-2+/t20-,23+,25-,28?,31+/m1/s1. The summed E-state index contributed by atoms with van der Waals surface area (Å²) in [5.74, 6) is 0.0322. The number of hydrogen-bond donors (Lipinski definition) is 2. The zero-order valence-corrected chi connectivity index (χ0v) is 24.4. The third kappa shape index (κ3) is 5.38. The van der Waals surface area contributed by atoms with Gasteiger partial charge in [-0.15, -0.1) is 0 Å². The molecule has 2 bridgehead atoms. The minimum atomic E-state index is -3.85. The maximum Gasteiger partial charge on any atom is 0.264 e. The molecule has 1 fully saturated rings. The number of aliphatic hydroxyl groups excluding tert-OH is 1. The van der Waals surface area contributed by atoms with E-state index in [4.69, 9.17) is 16.3 Å². The predicted molar refractivity (Wildman–Crippen MR) is 157 cm³/mol. The van der Waals surface area contributed by atoms with Crippen LogP contribution in [0, 0.1) is 17.8 Å². The van der Waals surface area contributed by atoms with E-state index in [1.165, 1.54) is 11.1 Å². The number of aliphatic hydroxyl groups is 1. The molecule has 4 aliphatic rings. The largest absolute Gasteiger partial charge is 0.490 e. The lowest BCUT2D eigenvalue weighted by molar-refractivity contribution is 0.0177. The molecule has 1 spiro atoms. The lowest BCUT2D eigenvalue weighted by atomic mass is 9.68. The number of ether oxygens (including phenoxy) is 1. The summed E-state index contributed by atoms with van der Waals surface area (Å²) in [6, 6.07) is 11.4. The van der Waals surface area contributed by atoms with Crippen LogP contribution < -0.4 is 14.4 Å². The minimum Gasteiger partial charge on any atom is -0.490 e. The van der Waals surface area contributed by atoms with Crippen molar-refractivity contribution in [2.24, 2.45) is 17.8 Å². The molecule has 1 unspecified atom stereocenters. The number of nitrogens with one attached hydrogen (secondary N) is 1. The first-order valence-corrected chi connectivity index (χ1v) is 16.4. The smallest absolute Gasteiger partial charge is 0.264 e. The molecule has 2 aliphatic carbocycles. The molecule has 214 valence electrons. The number of amides is 1. The Morgan fingerprint density at radius 3 is 2.83 bits per heavy atom. The molecule has 2 aromatic rings. The summed E-state index contributed by atoms with van der Waals surface area (Å²) < 4.78 is 34.3. The van der Waals surface area contributed by atoms with Gasteiger partial charge in [0.25, 0.3) is 5.91 Å². The number of hydrogen-bond acceptors (Lipinski definition) is 6. The fourth-order valence-corrected chi connectivity index (χ4v) is 8.62. The van der Waals surface area contributed by atoms with Gasteiger partial charge in [0.15, 0.2) is 0 Å². The third-order valence-electron chi connectivity index (χ3n) is 9.30. The summed E-state index contributed by atoms with van der Waals surface area (Å²) in [5, 5.41) is 11.8. The Bertz CT molecular complexity index is 1440. The van der Waals surface area contributed by atoms with Crippen molar-refractivity contribution < 1.29 is 23.1 Å². The average molecular weight is 585 g/mol. The molecule has 9 heteroatoms. The Hall–Kier alpha value is -2.55. The summed E-state index contributed by atoms with van der Waals surface area (Å²) in [7, 11) is -3.85. The van der Waals surface area contributed by atoms with Gasteiger partial charge < -0.3 is 14.7 Å². The van der Waals surface area contributed by atoms with Crippen molar-refractivity contribution in [1.82, 2.24) is 4.72 Å². The van der Waals surface area contributed by atoms with E-state index < -0.39 is 22.0 Å². The van der Waals surface area contributed by atoms with Crippen molar-refractivity contribution in [2.45, 2.75) is 57.0 Å². The number of benzene rings is 2. The summed E-state index contributed by atoms with van der Waals surface area (Å²) in [5.41, 5.74) is 3.34. The van der Waals surface area contributed by atoms with Crippen LogP contribution in [0.5, 0.6) is 5.75 Å².